The Morgan fingerprint density at radius 2 is 2.21 bits per heavy atom. The lowest BCUT2D eigenvalue weighted by Crippen LogP contribution is -2.19. The van der Waals surface area contributed by atoms with Crippen molar-refractivity contribution in [2.24, 2.45) is 0 Å². The zero-order valence-corrected chi connectivity index (χ0v) is 11.1. The maximum Gasteiger partial charge on any atom is 0.0724 e. The molecule has 3 N–H and O–H groups in total. The van der Waals surface area contributed by atoms with Gasteiger partial charge in [0.25, 0.3) is 0 Å². The predicted octanol–water partition coefficient (Wildman–Crippen LogP) is 2.14. The highest BCUT2D eigenvalue weighted by Gasteiger charge is 2.21. The summed E-state index contributed by atoms with van der Waals surface area (Å²) in [5.74, 6) is 0. The first kappa shape index (κ1) is 12.1. The number of hydrogen-bond donors (Lipinski definition) is 2. The zero-order chi connectivity index (χ0) is 13.2. The summed E-state index contributed by atoms with van der Waals surface area (Å²) in [4.78, 5) is 8.63. The van der Waals surface area contributed by atoms with Gasteiger partial charge in [-0.25, -0.2) is 0 Å². The molecule has 0 saturated heterocycles. The molecule has 1 heterocycles. The van der Waals surface area contributed by atoms with Gasteiger partial charge in [0, 0.05) is 30.7 Å². The fraction of sp³-hybridized carbons (Fsp3) is 0.333. The van der Waals surface area contributed by atoms with Crippen LogP contribution in [0.5, 0.6) is 0 Å². The number of aryl methyl sites for hydroxylation is 2. The number of benzene rings is 1. The first-order valence-corrected chi connectivity index (χ1v) is 6.61. The molecule has 0 saturated carbocycles. The number of rotatable bonds is 3. The number of fused-ring (bicyclic) bond motifs is 1. The largest absolute Gasteiger partial charge is 0.399 e. The van der Waals surface area contributed by atoms with Crippen LogP contribution in [0.3, 0.4) is 0 Å². The molecule has 1 aliphatic carbocycles. The first-order chi connectivity index (χ1) is 9.22. The van der Waals surface area contributed by atoms with Crippen molar-refractivity contribution in [3.63, 3.8) is 0 Å². The second-order valence-corrected chi connectivity index (χ2v) is 5.08. The van der Waals surface area contributed by atoms with Crippen LogP contribution >= 0.6 is 0 Å². The number of nitrogens with one attached hydrogen (secondary N) is 1. The molecule has 4 nitrogen and oxygen atoms in total. The lowest BCUT2D eigenvalue weighted by atomic mass is 10.1. The van der Waals surface area contributed by atoms with Crippen molar-refractivity contribution in [3.05, 3.63) is 53.1 Å². The number of aromatic nitrogens is 2. The summed E-state index contributed by atoms with van der Waals surface area (Å²) in [7, 11) is 0. The summed E-state index contributed by atoms with van der Waals surface area (Å²) >= 11 is 0. The first-order valence-electron chi connectivity index (χ1n) is 6.61. The molecule has 1 unspecified atom stereocenters. The average molecular weight is 254 g/mol. The van der Waals surface area contributed by atoms with Crippen LogP contribution in [0.4, 0.5) is 5.69 Å². The van der Waals surface area contributed by atoms with E-state index >= 15 is 0 Å². The van der Waals surface area contributed by atoms with Gasteiger partial charge in [-0.2, -0.15) is 0 Å². The molecular formula is C15H18N4. The van der Waals surface area contributed by atoms with Crippen LogP contribution in [-0.4, -0.2) is 9.97 Å². The van der Waals surface area contributed by atoms with Crippen molar-refractivity contribution in [2.75, 3.05) is 5.73 Å². The van der Waals surface area contributed by atoms with Gasteiger partial charge in [0.2, 0.25) is 0 Å². The molecule has 0 bridgehead atoms. The van der Waals surface area contributed by atoms with E-state index in [1.165, 1.54) is 11.1 Å². The minimum absolute atomic E-state index is 0.402. The van der Waals surface area contributed by atoms with Crippen molar-refractivity contribution < 1.29 is 0 Å². The monoisotopic (exact) mass is 254 g/mol. The molecule has 1 aromatic heterocycles. The van der Waals surface area contributed by atoms with Gasteiger partial charge in [-0.3, -0.25) is 9.97 Å². The number of hydrogen-bond acceptors (Lipinski definition) is 4. The molecule has 1 aromatic carbocycles. The Labute approximate surface area is 113 Å². The van der Waals surface area contributed by atoms with Gasteiger partial charge in [0.15, 0.2) is 0 Å². The molecule has 4 heteroatoms. The Morgan fingerprint density at radius 3 is 3.00 bits per heavy atom. The quantitative estimate of drug-likeness (QED) is 0.824. The average Bonchev–Trinajstić information content (AvgIpc) is 2.80. The molecule has 0 aliphatic heterocycles. The van der Waals surface area contributed by atoms with E-state index in [1.807, 2.05) is 19.2 Å². The molecule has 0 amide bonds. The molecule has 0 radical (unpaired) electrons. The van der Waals surface area contributed by atoms with Crippen LogP contribution in [0.1, 0.15) is 35.0 Å². The topological polar surface area (TPSA) is 63.8 Å². The van der Waals surface area contributed by atoms with Gasteiger partial charge < -0.3 is 11.1 Å². The Hall–Kier alpha value is -1.94. The fourth-order valence-electron chi connectivity index (χ4n) is 2.59. The molecule has 3 rings (SSSR count). The van der Waals surface area contributed by atoms with E-state index in [9.17, 15) is 0 Å². The second kappa shape index (κ2) is 4.97. The summed E-state index contributed by atoms with van der Waals surface area (Å²) in [6.07, 6.45) is 5.86. The molecule has 2 aromatic rings. The Bertz CT molecular complexity index is 577. The Balaban J connectivity index is 1.68. The minimum Gasteiger partial charge on any atom is -0.399 e. The van der Waals surface area contributed by atoms with E-state index < -0.39 is 0 Å². The van der Waals surface area contributed by atoms with Gasteiger partial charge in [0.1, 0.15) is 0 Å². The highest BCUT2D eigenvalue weighted by molar-refractivity contribution is 5.47. The maximum atomic E-state index is 5.82. The van der Waals surface area contributed by atoms with E-state index in [-0.39, 0.29) is 0 Å². The summed E-state index contributed by atoms with van der Waals surface area (Å²) in [5.41, 5.74) is 11.3. The van der Waals surface area contributed by atoms with Crippen molar-refractivity contribution in [3.8, 4) is 0 Å². The van der Waals surface area contributed by atoms with Crippen LogP contribution in [-0.2, 0) is 13.0 Å². The van der Waals surface area contributed by atoms with Crippen LogP contribution in [0.15, 0.2) is 30.6 Å². The lowest BCUT2D eigenvalue weighted by Gasteiger charge is -2.13. The van der Waals surface area contributed by atoms with E-state index in [2.05, 4.69) is 27.4 Å². The predicted molar refractivity (Wildman–Crippen MR) is 75.5 cm³/mol. The van der Waals surface area contributed by atoms with Crippen molar-refractivity contribution in [2.45, 2.75) is 32.4 Å². The zero-order valence-electron chi connectivity index (χ0n) is 11.1. The van der Waals surface area contributed by atoms with Crippen LogP contribution in [0, 0.1) is 6.92 Å². The summed E-state index contributed by atoms with van der Waals surface area (Å²) < 4.78 is 0. The number of anilines is 1. The van der Waals surface area contributed by atoms with Gasteiger partial charge >= 0.3 is 0 Å². The van der Waals surface area contributed by atoms with E-state index in [0.717, 1.165) is 36.5 Å². The van der Waals surface area contributed by atoms with Crippen molar-refractivity contribution >= 4 is 5.69 Å². The molecule has 0 fully saturated rings. The van der Waals surface area contributed by atoms with Crippen molar-refractivity contribution in [1.29, 1.82) is 0 Å². The standard InChI is InChI=1S/C15H18N4/c1-10-7-18-13(8-17-10)9-19-15-5-2-11-6-12(16)3-4-14(11)15/h3-4,6-8,15,19H,2,5,9,16H2,1H3. The lowest BCUT2D eigenvalue weighted by molar-refractivity contribution is 0.524. The third-order valence-corrected chi connectivity index (χ3v) is 3.61. The van der Waals surface area contributed by atoms with Crippen LogP contribution in [0.25, 0.3) is 0 Å². The number of nitrogen functional groups attached to an aromatic ring is 1. The molecule has 0 spiro atoms. The SMILES string of the molecule is Cc1cnc(CNC2CCc3cc(N)ccc32)cn1. The van der Waals surface area contributed by atoms with Crippen LogP contribution < -0.4 is 11.1 Å². The van der Waals surface area contributed by atoms with Gasteiger partial charge in [-0.05, 0) is 43.0 Å². The minimum atomic E-state index is 0.402. The smallest absolute Gasteiger partial charge is 0.0724 e. The Kier molecular flexibility index (Phi) is 3.17. The molecule has 98 valence electrons. The van der Waals surface area contributed by atoms with E-state index in [1.54, 1.807) is 6.20 Å². The summed E-state index contributed by atoms with van der Waals surface area (Å²) in [6.45, 7) is 2.70. The molecule has 19 heavy (non-hydrogen) atoms. The molecule has 1 aliphatic rings. The number of nitrogens with two attached hydrogens (primary N) is 1. The highest BCUT2D eigenvalue weighted by atomic mass is 14.9. The molecule has 1 atom stereocenters. The fourth-order valence-corrected chi connectivity index (χ4v) is 2.59. The second-order valence-electron chi connectivity index (χ2n) is 5.08. The highest BCUT2D eigenvalue weighted by Crippen LogP contribution is 2.32. The van der Waals surface area contributed by atoms with Crippen LogP contribution in [0.2, 0.25) is 0 Å². The van der Waals surface area contributed by atoms with Gasteiger partial charge in [-0.1, -0.05) is 6.07 Å². The summed E-state index contributed by atoms with van der Waals surface area (Å²) in [5, 5.41) is 3.55. The van der Waals surface area contributed by atoms with Gasteiger partial charge in [-0.15, -0.1) is 0 Å². The van der Waals surface area contributed by atoms with E-state index in [0.29, 0.717) is 6.04 Å². The number of nitrogens with zero attached hydrogens (tertiary/aromatic N) is 2. The molecular weight excluding hydrogens is 236 g/mol. The van der Waals surface area contributed by atoms with E-state index in [4.69, 9.17) is 5.73 Å². The third-order valence-electron chi connectivity index (χ3n) is 3.61. The third kappa shape index (κ3) is 2.58. The maximum absolute atomic E-state index is 5.82. The summed E-state index contributed by atoms with van der Waals surface area (Å²) in [6, 6.07) is 6.60. The Morgan fingerprint density at radius 1 is 1.32 bits per heavy atom. The van der Waals surface area contributed by atoms with Crippen molar-refractivity contribution in [1.82, 2.24) is 15.3 Å². The normalized spacial score (nSPS) is 17.4. The van der Waals surface area contributed by atoms with Gasteiger partial charge in [0.05, 0.1) is 11.4 Å².